The van der Waals surface area contributed by atoms with E-state index in [1.54, 1.807) is 5.20 Å². The van der Waals surface area contributed by atoms with Crippen LogP contribution in [0.15, 0.2) is 59.3 Å². The number of hydrogen-bond acceptors (Lipinski definition) is 0. The van der Waals surface area contributed by atoms with Crippen LogP contribution < -0.4 is 10.4 Å². The van der Waals surface area contributed by atoms with Gasteiger partial charge in [0, 0.05) is 0 Å². The summed E-state index contributed by atoms with van der Waals surface area (Å²) in [6, 6.07) is 14.2. The minimum atomic E-state index is -1.96. The molecule has 2 aromatic rings. The molecule has 124 valence electrons. The van der Waals surface area contributed by atoms with Gasteiger partial charge in [-0.1, -0.05) is 88.1 Å². The maximum absolute atomic E-state index is 2.53. The molecule has 0 nitrogen and oxygen atoms in total. The maximum atomic E-state index is 2.53. The molecule has 0 saturated heterocycles. The highest BCUT2D eigenvalue weighted by Crippen LogP contribution is 2.29. The van der Waals surface area contributed by atoms with Crippen molar-refractivity contribution in [2.75, 3.05) is 0 Å². The van der Waals surface area contributed by atoms with Crippen molar-refractivity contribution >= 4 is 18.4 Å². The average Bonchev–Trinajstić information content (AvgIpc) is 2.91. The van der Waals surface area contributed by atoms with E-state index in [1.807, 2.05) is 0 Å². The van der Waals surface area contributed by atoms with Crippen molar-refractivity contribution in [1.29, 1.82) is 0 Å². The molecule has 0 spiro atoms. The van der Waals surface area contributed by atoms with Crippen LogP contribution in [0.3, 0.4) is 0 Å². The normalized spacial score (nSPS) is 14.6. The van der Waals surface area contributed by atoms with Crippen LogP contribution in [-0.2, 0) is 0 Å². The Morgan fingerprint density at radius 1 is 0.625 bits per heavy atom. The number of aryl methyl sites for hydroxylation is 4. The molecule has 0 saturated carbocycles. The minimum absolute atomic E-state index is 1.08. The quantitative estimate of drug-likeness (QED) is 0.699. The van der Waals surface area contributed by atoms with Crippen LogP contribution in [0.2, 0.25) is 6.55 Å². The molecule has 0 amide bonds. The van der Waals surface area contributed by atoms with Crippen LogP contribution in [0.1, 0.15) is 35.6 Å². The molecule has 1 heteroatoms. The van der Waals surface area contributed by atoms with E-state index in [9.17, 15) is 0 Å². The minimum Gasteiger partial charge on any atom is -0.0804 e. The molecular weight excluding hydrogens is 304 g/mol. The van der Waals surface area contributed by atoms with Gasteiger partial charge in [0.2, 0.25) is 0 Å². The third-order valence-corrected chi connectivity index (χ3v) is 9.87. The van der Waals surface area contributed by atoms with Crippen molar-refractivity contribution in [2.45, 2.75) is 47.6 Å². The van der Waals surface area contributed by atoms with E-state index >= 15 is 0 Å². The molecule has 0 radical (unpaired) electrons. The number of allylic oxidation sites excluding steroid dienone is 4. The summed E-state index contributed by atoms with van der Waals surface area (Å²) in [4.78, 5) is 0. The molecule has 0 N–H and O–H groups in total. The standard InChI is InChI=1S/C23H28Si/c1-16-10-17(2)13-21(12-16)24(6,23-9-7-8-20(23)5)22-14-18(3)11-19(4)15-22/h8-15H,7H2,1-6H3. The molecule has 0 aliphatic heterocycles. The van der Waals surface area contributed by atoms with Gasteiger partial charge >= 0.3 is 0 Å². The molecule has 0 fully saturated rings. The molecule has 0 unspecified atom stereocenters. The van der Waals surface area contributed by atoms with Crippen molar-refractivity contribution in [3.63, 3.8) is 0 Å². The van der Waals surface area contributed by atoms with Crippen LogP contribution in [-0.4, -0.2) is 8.07 Å². The molecule has 0 atom stereocenters. The molecule has 3 rings (SSSR count). The summed E-state index contributed by atoms with van der Waals surface area (Å²) >= 11 is 0. The summed E-state index contributed by atoms with van der Waals surface area (Å²) in [5.74, 6) is 0. The van der Waals surface area contributed by atoms with Gasteiger partial charge in [-0.15, -0.1) is 0 Å². The molecule has 24 heavy (non-hydrogen) atoms. The maximum Gasteiger partial charge on any atom is 0.145 e. The Kier molecular flexibility index (Phi) is 4.40. The fraction of sp³-hybridized carbons (Fsp3) is 0.304. The average molecular weight is 333 g/mol. The predicted molar refractivity (Wildman–Crippen MR) is 109 cm³/mol. The van der Waals surface area contributed by atoms with Crippen LogP contribution in [0, 0.1) is 27.7 Å². The Hall–Kier alpha value is -1.86. The first-order valence-corrected chi connectivity index (χ1v) is 11.4. The number of hydrogen-bond donors (Lipinski definition) is 0. The van der Waals surface area contributed by atoms with Crippen molar-refractivity contribution in [2.24, 2.45) is 0 Å². The van der Waals surface area contributed by atoms with Crippen molar-refractivity contribution in [1.82, 2.24) is 0 Å². The fourth-order valence-corrected chi connectivity index (χ4v) is 8.66. The zero-order chi connectivity index (χ0) is 17.5. The lowest BCUT2D eigenvalue weighted by Crippen LogP contribution is -2.58. The number of benzene rings is 2. The molecule has 1 aliphatic rings. The topological polar surface area (TPSA) is 0 Å². The Morgan fingerprint density at radius 2 is 1.04 bits per heavy atom. The molecule has 2 aromatic carbocycles. The SMILES string of the molecule is CC1=CCC=C1[Si](C)(c1cc(C)cc(C)c1)c1cc(C)cc(C)c1. The first-order valence-electron chi connectivity index (χ1n) is 8.86. The van der Waals surface area contributed by atoms with Crippen molar-refractivity contribution < 1.29 is 0 Å². The first kappa shape index (κ1) is 17.0. The molecular formula is C23H28Si. The highest BCUT2D eigenvalue weighted by atomic mass is 28.3. The highest BCUT2D eigenvalue weighted by Gasteiger charge is 2.38. The van der Waals surface area contributed by atoms with Gasteiger partial charge in [-0.3, -0.25) is 0 Å². The van der Waals surface area contributed by atoms with Crippen molar-refractivity contribution in [3.05, 3.63) is 81.6 Å². The third-order valence-electron chi connectivity index (χ3n) is 5.31. The van der Waals surface area contributed by atoms with Crippen LogP contribution in [0.25, 0.3) is 0 Å². The Bertz CT molecular complexity index is 760. The summed E-state index contributed by atoms with van der Waals surface area (Å²) in [6.07, 6.45) is 5.93. The summed E-state index contributed by atoms with van der Waals surface area (Å²) in [5, 5.41) is 4.66. The second-order valence-corrected chi connectivity index (χ2v) is 11.6. The van der Waals surface area contributed by atoms with E-state index in [2.05, 4.69) is 89.7 Å². The third kappa shape index (κ3) is 2.93. The summed E-state index contributed by atoms with van der Waals surface area (Å²) < 4.78 is 0. The van der Waals surface area contributed by atoms with E-state index < -0.39 is 8.07 Å². The summed E-state index contributed by atoms with van der Waals surface area (Å²) in [6.45, 7) is 13.7. The summed E-state index contributed by atoms with van der Waals surface area (Å²) in [5.41, 5.74) is 6.95. The van der Waals surface area contributed by atoms with Gasteiger partial charge in [-0.2, -0.15) is 0 Å². The molecule has 1 aliphatic carbocycles. The lowest BCUT2D eigenvalue weighted by atomic mass is 10.2. The van der Waals surface area contributed by atoms with Gasteiger partial charge in [0.05, 0.1) is 0 Å². The lowest BCUT2D eigenvalue weighted by molar-refractivity contribution is 1.38. The monoisotopic (exact) mass is 332 g/mol. The van der Waals surface area contributed by atoms with Crippen LogP contribution >= 0.6 is 0 Å². The molecule has 0 heterocycles. The van der Waals surface area contributed by atoms with Gasteiger partial charge in [0.25, 0.3) is 0 Å². The van der Waals surface area contributed by atoms with Gasteiger partial charge in [-0.05, 0) is 51.4 Å². The second kappa shape index (κ2) is 6.21. The van der Waals surface area contributed by atoms with Gasteiger partial charge in [0.15, 0.2) is 0 Å². The van der Waals surface area contributed by atoms with Crippen molar-refractivity contribution in [3.8, 4) is 0 Å². The smallest absolute Gasteiger partial charge is 0.0804 e. The Balaban J connectivity index is 2.31. The number of rotatable bonds is 3. The zero-order valence-electron chi connectivity index (χ0n) is 15.8. The lowest BCUT2D eigenvalue weighted by Gasteiger charge is -2.32. The first-order chi connectivity index (χ1) is 11.3. The fourth-order valence-electron chi connectivity index (χ4n) is 4.23. The molecule has 0 aromatic heterocycles. The van der Waals surface area contributed by atoms with Crippen LogP contribution in [0.5, 0.6) is 0 Å². The largest absolute Gasteiger partial charge is 0.145 e. The van der Waals surface area contributed by atoms with E-state index in [0.29, 0.717) is 0 Å². The van der Waals surface area contributed by atoms with Gasteiger partial charge in [0.1, 0.15) is 8.07 Å². The van der Waals surface area contributed by atoms with Crippen LogP contribution in [0.4, 0.5) is 0 Å². The zero-order valence-corrected chi connectivity index (χ0v) is 16.8. The van der Waals surface area contributed by atoms with Gasteiger partial charge < -0.3 is 0 Å². The Morgan fingerprint density at radius 3 is 1.38 bits per heavy atom. The second-order valence-electron chi connectivity index (χ2n) is 7.62. The Labute approximate surface area is 147 Å². The molecule has 0 bridgehead atoms. The predicted octanol–water partition coefficient (Wildman–Crippen LogP) is 4.93. The van der Waals surface area contributed by atoms with E-state index in [4.69, 9.17) is 0 Å². The van der Waals surface area contributed by atoms with E-state index in [0.717, 1.165) is 6.42 Å². The van der Waals surface area contributed by atoms with E-state index in [1.165, 1.54) is 38.2 Å². The highest BCUT2D eigenvalue weighted by molar-refractivity contribution is 7.07. The summed E-state index contributed by atoms with van der Waals surface area (Å²) in [7, 11) is -1.96. The van der Waals surface area contributed by atoms with E-state index in [-0.39, 0.29) is 0 Å². The van der Waals surface area contributed by atoms with Gasteiger partial charge in [-0.25, -0.2) is 0 Å².